The predicted molar refractivity (Wildman–Crippen MR) is 94.2 cm³/mol. The third-order valence-corrected chi connectivity index (χ3v) is 5.37. The molecule has 0 aliphatic rings. The van der Waals surface area contributed by atoms with E-state index in [1.54, 1.807) is 39.0 Å². The highest BCUT2D eigenvalue weighted by Crippen LogP contribution is 2.19. The Morgan fingerprint density at radius 3 is 1.86 bits per heavy atom. The van der Waals surface area contributed by atoms with Crippen LogP contribution < -0.4 is 14.2 Å². The summed E-state index contributed by atoms with van der Waals surface area (Å²) in [6.07, 6.45) is 0. The second-order valence-corrected chi connectivity index (χ2v) is 8.05. The second-order valence-electron chi connectivity index (χ2n) is 6.37. The summed E-state index contributed by atoms with van der Waals surface area (Å²) in [5.41, 5.74) is -0.317. The largest absolute Gasteiger partial charge is 0.472 e. The van der Waals surface area contributed by atoms with Crippen molar-refractivity contribution < 1.29 is 27.1 Å². The summed E-state index contributed by atoms with van der Waals surface area (Å²) in [5.74, 6) is 0.314. The Kier molecular flexibility index (Phi) is 5.61. The standard InChI is InChI=1S/C16H19N5O6S/c1-11-14(19-26-17-11)24-9-16(3,10-25-15-12(2)18-27-20-15)21-28(22,23)13-7-5-4-6-8-13/h4-8,21H,9-10H2,1-3H3. The van der Waals surface area contributed by atoms with Crippen molar-refractivity contribution in [3.05, 3.63) is 41.7 Å². The number of hydrogen-bond donors (Lipinski definition) is 1. The molecule has 11 nitrogen and oxygen atoms in total. The van der Waals surface area contributed by atoms with Gasteiger partial charge in [-0.3, -0.25) is 0 Å². The first-order valence-electron chi connectivity index (χ1n) is 8.22. The Labute approximate surface area is 161 Å². The fourth-order valence-electron chi connectivity index (χ4n) is 2.25. The third kappa shape index (κ3) is 4.64. The molecule has 2 aromatic heterocycles. The summed E-state index contributed by atoms with van der Waals surface area (Å²) < 4.78 is 48.6. The number of hydrogen-bond acceptors (Lipinski definition) is 10. The molecule has 12 heteroatoms. The molecule has 3 rings (SSSR count). The van der Waals surface area contributed by atoms with Crippen LogP contribution in [-0.4, -0.2) is 47.8 Å². The van der Waals surface area contributed by atoms with E-state index in [1.165, 1.54) is 12.1 Å². The summed E-state index contributed by atoms with van der Waals surface area (Å²) in [6.45, 7) is 4.70. The van der Waals surface area contributed by atoms with Crippen LogP contribution >= 0.6 is 0 Å². The van der Waals surface area contributed by atoms with Crippen LogP contribution in [0.15, 0.2) is 44.5 Å². The normalized spacial score (nSPS) is 12.1. The number of benzene rings is 1. The van der Waals surface area contributed by atoms with Crippen LogP contribution in [0.3, 0.4) is 0 Å². The van der Waals surface area contributed by atoms with Crippen molar-refractivity contribution in [2.24, 2.45) is 0 Å². The maximum Gasteiger partial charge on any atom is 0.278 e. The van der Waals surface area contributed by atoms with E-state index in [9.17, 15) is 8.42 Å². The van der Waals surface area contributed by atoms with E-state index in [4.69, 9.17) is 9.47 Å². The maximum absolute atomic E-state index is 12.8. The van der Waals surface area contributed by atoms with E-state index in [0.717, 1.165) is 0 Å². The fraction of sp³-hybridized carbons (Fsp3) is 0.375. The van der Waals surface area contributed by atoms with Gasteiger partial charge >= 0.3 is 0 Å². The van der Waals surface area contributed by atoms with E-state index in [1.807, 2.05) is 0 Å². The molecule has 0 bridgehead atoms. The van der Waals surface area contributed by atoms with Crippen molar-refractivity contribution in [3.8, 4) is 11.8 Å². The molecule has 0 saturated carbocycles. The van der Waals surface area contributed by atoms with Crippen molar-refractivity contribution >= 4 is 10.0 Å². The van der Waals surface area contributed by atoms with Crippen LogP contribution in [-0.2, 0) is 10.0 Å². The number of nitrogens with one attached hydrogen (secondary N) is 1. The van der Waals surface area contributed by atoms with E-state index >= 15 is 0 Å². The van der Waals surface area contributed by atoms with Gasteiger partial charge in [-0.1, -0.05) is 28.5 Å². The highest BCUT2D eigenvalue weighted by molar-refractivity contribution is 7.89. The van der Waals surface area contributed by atoms with Gasteiger partial charge in [0.15, 0.2) is 0 Å². The van der Waals surface area contributed by atoms with Crippen molar-refractivity contribution in [2.75, 3.05) is 13.2 Å². The molecule has 1 N–H and O–H groups in total. The Hall–Kier alpha value is -2.99. The molecule has 0 saturated heterocycles. The van der Waals surface area contributed by atoms with Gasteiger partial charge in [-0.25, -0.2) is 17.7 Å². The second kappa shape index (κ2) is 7.94. The Morgan fingerprint density at radius 2 is 1.43 bits per heavy atom. The van der Waals surface area contributed by atoms with E-state index in [2.05, 4.69) is 34.6 Å². The molecule has 0 aliphatic carbocycles. The summed E-state index contributed by atoms with van der Waals surface area (Å²) in [4.78, 5) is 0.111. The first-order chi connectivity index (χ1) is 13.3. The highest BCUT2D eigenvalue weighted by atomic mass is 32.2. The molecule has 0 unspecified atom stereocenters. The topological polar surface area (TPSA) is 142 Å². The van der Waals surface area contributed by atoms with Gasteiger partial charge in [-0.15, -0.1) is 0 Å². The molecule has 28 heavy (non-hydrogen) atoms. The monoisotopic (exact) mass is 409 g/mol. The molecule has 0 amide bonds. The highest BCUT2D eigenvalue weighted by Gasteiger charge is 2.34. The molecule has 0 spiro atoms. The SMILES string of the molecule is Cc1nonc1OCC(C)(COc1nonc1C)NS(=O)(=O)c1ccccc1. The molecule has 0 fully saturated rings. The van der Waals surface area contributed by atoms with Crippen molar-refractivity contribution in [3.63, 3.8) is 0 Å². The third-order valence-electron chi connectivity index (χ3n) is 3.71. The molecule has 150 valence electrons. The lowest BCUT2D eigenvalue weighted by atomic mass is 10.1. The number of sulfonamides is 1. The zero-order chi connectivity index (χ0) is 20.2. The minimum absolute atomic E-state index is 0.111. The minimum Gasteiger partial charge on any atom is -0.472 e. The quantitative estimate of drug-likeness (QED) is 0.548. The van der Waals surface area contributed by atoms with Crippen LogP contribution in [0.5, 0.6) is 11.8 Å². The van der Waals surface area contributed by atoms with Gasteiger partial charge in [0.25, 0.3) is 11.8 Å². The van der Waals surface area contributed by atoms with E-state index in [0.29, 0.717) is 11.4 Å². The van der Waals surface area contributed by atoms with Crippen molar-refractivity contribution in [1.82, 2.24) is 25.3 Å². The fourth-order valence-corrected chi connectivity index (χ4v) is 3.65. The lowest BCUT2D eigenvalue weighted by Gasteiger charge is -2.29. The Morgan fingerprint density at radius 1 is 0.929 bits per heavy atom. The zero-order valence-electron chi connectivity index (χ0n) is 15.4. The Bertz CT molecular complexity index is 973. The van der Waals surface area contributed by atoms with Crippen molar-refractivity contribution in [2.45, 2.75) is 31.2 Å². The number of ether oxygens (including phenoxy) is 2. The summed E-state index contributed by atoms with van der Waals surface area (Å²) in [5, 5.41) is 14.5. The molecular formula is C16H19N5O6S. The molecule has 1 aromatic carbocycles. The van der Waals surface area contributed by atoms with Crippen LogP contribution in [0.25, 0.3) is 0 Å². The lowest BCUT2D eigenvalue weighted by molar-refractivity contribution is 0.132. The summed E-state index contributed by atoms with van der Waals surface area (Å²) in [6, 6.07) is 7.97. The number of rotatable bonds is 9. The first-order valence-corrected chi connectivity index (χ1v) is 9.70. The van der Waals surface area contributed by atoms with E-state index in [-0.39, 0.29) is 29.9 Å². The number of nitrogens with zero attached hydrogens (tertiary/aromatic N) is 4. The maximum atomic E-state index is 12.8. The van der Waals surface area contributed by atoms with Gasteiger partial charge in [0.2, 0.25) is 10.0 Å². The molecule has 2 heterocycles. The number of aryl methyl sites for hydroxylation is 2. The molecule has 0 atom stereocenters. The van der Waals surface area contributed by atoms with Gasteiger partial charge in [-0.05, 0) is 43.2 Å². The predicted octanol–water partition coefficient (Wildman–Crippen LogP) is 1.26. The Balaban J connectivity index is 1.80. The molecule has 0 radical (unpaired) electrons. The van der Waals surface area contributed by atoms with Crippen LogP contribution in [0, 0.1) is 13.8 Å². The smallest absolute Gasteiger partial charge is 0.278 e. The molecular weight excluding hydrogens is 390 g/mol. The van der Waals surface area contributed by atoms with Crippen LogP contribution in [0.2, 0.25) is 0 Å². The van der Waals surface area contributed by atoms with Gasteiger partial charge in [0.1, 0.15) is 24.6 Å². The van der Waals surface area contributed by atoms with Crippen LogP contribution in [0.4, 0.5) is 0 Å². The van der Waals surface area contributed by atoms with Gasteiger partial charge in [-0.2, -0.15) is 4.72 Å². The average molecular weight is 409 g/mol. The van der Waals surface area contributed by atoms with Crippen LogP contribution in [0.1, 0.15) is 18.3 Å². The minimum atomic E-state index is -3.85. The summed E-state index contributed by atoms with van der Waals surface area (Å²) in [7, 11) is -3.85. The average Bonchev–Trinajstić information content (AvgIpc) is 3.27. The van der Waals surface area contributed by atoms with Gasteiger partial charge in [0.05, 0.1) is 10.4 Å². The molecule has 0 aliphatic heterocycles. The summed E-state index contributed by atoms with van der Waals surface area (Å²) >= 11 is 0. The number of aromatic nitrogens is 4. The van der Waals surface area contributed by atoms with Crippen molar-refractivity contribution in [1.29, 1.82) is 0 Å². The molecule has 3 aromatic rings. The first kappa shape index (κ1) is 19.8. The van der Waals surface area contributed by atoms with Gasteiger partial charge < -0.3 is 9.47 Å². The van der Waals surface area contributed by atoms with E-state index < -0.39 is 15.6 Å². The van der Waals surface area contributed by atoms with Gasteiger partial charge in [0, 0.05) is 0 Å². The zero-order valence-corrected chi connectivity index (χ0v) is 16.3. The lowest BCUT2D eigenvalue weighted by Crippen LogP contribution is -2.54.